The average Bonchev–Trinajstić information content (AvgIpc) is 1.96. The molecule has 0 radical (unpaired) electrons. The Morgan fingerprint density at radius 2 is 1.92 bits per heavy atom. The lowest BCUT2D eigenvalue weighted by atomic mass is 10.2. The Hall–Kier alpha value is 0.400. The van der Waals surface area contributed by atoms with Gasteiger partial charge in [0.05, 0.1) is 11.7 Å². The molecule has 2 nitrogen and oxygen atoms in total. The number of rotatable bonds is 5. The van der Waals surface area contributed by atoms with Crippen molar-refractivity contribution in [1.82, 2.24) is 0 Å². The summed E-state index contributed by atoms with van der Waals surface area (Å²) in [4.78, 5) is 10.5. The second-order valence-electron chi connectivity index (χ2n) is 3.80. The van der Waals surface area contributed by atoms with E-state index < -0.39 is 0 Å². The molecule has 0 heterocycles. The summed E-state index contributed by atoms with van der Waals surface area (Å²) in [5, 5.41) is 0.957. The summed E-state index contributed by atoms with van der Waals surface area (Å²) in [6.07, 6.45) is 2.19. The molecule has 0 aliphatic carbocycles. The van der Waals surface area contributed by atoms with Crippen molar-refractivity contribution in [2.45, 2.75) is 52.2 Å². The van der Waals surface area contributed by atoms with Gasteiger partial charge < -0.3 is 0 Å². The molecule has 0 saturated carbocycles. The molecule has 0 aliphatic rings. The molecular formula is C9H19BrO2. The standard InChI is InChI=1S/C9H19BrO2/c1-5-8(6-7-10)11-12-9(2,3)4/h8H,5-7H2,1-4H3. The summed E-state index contributed by atoms with van der Waals surface area (Å²) in [7, 11) is 0. The van der Waals surface area contributed by atoms with Gasteiger partial charge in [-0.2, -0.15) is 0 Å². The van der Waals surface area contributed by atoms with Crippen LogP contribution >= 0.6 is 15.9 Å². The number of hydrogen-bond acceptors (Lipinski definition) is 2. The van der Waals surface area contributed by atoms with E-state index in [0.29, 0.717) is 0 Å². The van der Waals surface area contributed by atoms with Crippen LogP contribution in [0.1, 0.15) is 40.5 Å². The van der Waals surface area contributed by atoms with Crippen molar-refractivity contribution in [3.8, 4) is 0 Å². The van der Waals surface area contributed by atoms with Gasteiger partial charge in [0.25, 0.3) is 0 Å². The van der Waals surface area contributed by atoms with Gasteiger partial charge in [-0.15, -0.1) is 0 Å². The zero-order valence-electron chi connectivity index (χ0n) is 8.39. The molecule has 0 N–H and O–H groups in total. The van der Waals surface area contributed by atoms with Crippen molar-refractivity contribution in [1.29, 1.82) is 0 Å². The first-order valence-corrected chi connectivity index (χ1v) is 5.52. The molecule has 0 fully saturated rings. The second kappa shape index (κ2) is 5.95. The largest absolute Gasteiger partial charge is 0.233 e. The zero-order valence-corrected chi connectivity index (χ0v) is 9.98. The van der Waals surface area contributed by atoms with Crippen molar-refractivity contribution in [3.63, 3.8) is 0 Å². The summed E-state index contributed by atoms with van der Waals surface area (Å²) < 4.78 is 0. The molecular weight excluding hydrogens is 220 g/mol. The summed E-state index contributed by atoms with van der Waals surface area (Å²) in [6.45, 7) is 8.04. The predicted molar refractivity (Wildman–Crippen MR) is 54.4 cm³/mol. The fraction of sp³-hybridized carbons (Fsp3) is 1.00. The van der Waals surface area contributed by atoms with Gasteiger partial charge in [0.1, 0.15) is 0 Å². The molecule has 0 spiro atoms. The molecule has 0 bridgehead atoms. The van der Waals surface area contributed by atoms with E-state index >= 15 is 0 Å². The maximum Gasteiger partial charge on any atom is 0.0952 e. The van der Waals surface area contributed by atoms with Gasteiger partial charge in [-0.25, -0.2) is 9.78 Å². The lowest BCUT2D eigenvalue weighted by molar-refractivity contribution is -0.373. The third kappa shape index (κ3) is 7.07. The van der Waals surface area contributed by atoms with Crippen LogP contribution in [0.4, 0.5) is 0 Å². The van der Waals surface area contributed by atoms with E-state index in [1.807, 2.05) is 20.8 Å². The van der Waals surface area contributed by atoms with E-state index in [2.05, 4.69) is 22.9 Å². The Balaban J connectivity index is 3.58. The third-order valence-electron chi connectivity index (χ3n) is 1.32. The maximum atomic E-state index is 5.27. The van der Waals surface area contributed by atoms with Crippen LogP contribution in [-0.2, 0) is 9.78 Å². The highest BCUT2D eigenvalue weighted by Gasteiger charge is 2.15. The quantitative estimate of drug-likeness (QED) is 0.416. The average molecular weight is 239 g/mol. The molecule has 0 amide bonds. The maximum absolute atomic E-state index is 5.27. The van der Waals surface area contributed by atoms with Crippen LogP contribution in [0.25, 0.3) is 0 Å². The summed E-state index contributed by atoms with van der Waals surface area (Å²) in [5.41, 5.74) is -0.209. The molecule has 0 aromatic carbocycles. The predicted octanol–water partition coefficient (Wildman–Crippen LogP) is 3.30. The van der Waals surface area contributed by atoms with Crippen LogP contribution in [0.5, 0.6) is 0 Å². The van der Waals surface area contributed by atoms with Crippen LogP contribution in [-0.4, -0.2) is 17.0 Å². The number of halogens is 1. The first-order chi connectivity index (χ1) is 5.49. The Kier molecular flexibility index (Phi) is 6.14. The molecule has 74 valence electrons. The fourth-order valence-electron chi connectivity index (χ4n) is 0.654. The minimum absolute atomic E-state index is 0.209. The summed E-state index contributed by atoms with van der Waals surface area (Å²) in [6, 6.07) is 0. The van der Waals surface area contributed by atoms with Crippen LogP contribution < -0.4 is 0 Å². The van der Waals surface area contributed by atoms with Crippen molar-refractivity contribution in [2.75, 3.05) is 5.33 Å². The topological polar surface area (TPSA) is 18.5 Å². The highest BCUT2D eigenvalue weighted by atomic mass is 79.9. The van der Waals surface area contributed by atoms with Crippen molar-refractivity contribution in [2.24, 2.45) is 0 Å². The van der Waals surface area contributed by atoms with E-state index in [1.165, 1.54) is 0 Å². The molecule has 0 aliphatic heterocycles. The van der Waals surface area contributed by atoms with Crippen molar-refractivity contribution >= 4 is 15.9 Å². The van der Waals surface area contributed by atoms with Crippen molar-refractivity contribution < 1.29 is 9.78 Å². The number of hydrogen-bond donors (Lipinski definition) is 0. The van der Waals surface area contributed by atoms with Crippen LogP contribution in [0, 0.1) is 0 Å². The van der Waals surface area contributed by atoms with Gasteiger partial charge >= 0.3 is 0 Å². The molecule has 0 aromatic heterocycles. The van der Waals surface area contributed by atoms with Gasteiger partial charge in [-0.05, 0) is 33.6 Å². The fourth-order valence-corrected chi connectivity index (χ4v) is 1.17. The minimum atomic E-state index is -0.209. The Morgan fingerprint density at radius 1 is 1.33 bits per heavy atom. The smallest absolute Gasteiger partial charge is 0.0952 e. The first kappa shape index (κ1) is 12.4. The molecule has 12 heavy (non-hydrogen) atoms. The zero-order chi connectivity index (χ0) is 9.61. The summed E-state index contributed by atoms with van der Waals surface area (Å²) in [5.74, 6) is 0. The van der Waals surface area contributed by atoms with Gasteiger partial charge in [-0.1, -0.05) is 22.9 Å². The van der Waals surface area contributed by atoms with E-state index in [9.17, 15) is 0 Å². The molecule has 0 aromatic rings. The molecule has 3 heteroatoms. The lowest BCUT2D eigenvalue weighted by Crippen LogP contribution is -2.24. The van der Waals surface area contributed by atoms with Gasteiger partial charge in [0.15, 0.2) is 0 Å². The SMILES string of the molecule is CCC(CCBr)OOC(C)(C)C. The first-order valence-electron chi connectivity index (χ1n) is 4.40. The Morgan fingerprint density at radius 3 is 2.25 bits per heavy atom. The second-order valence-corrected chi connectivity index (χ2v) is 4.59. The van der Waals surface area contributed by atoms with Gasteiger partial charge in [0.2, 0.25) is 0 Å². The highest BCUT2D eigenvalue weighted by Crippen LogP contribution is 2.13. The highest BCUT2D eigenvalue weighted by molar-refractivity contribution is 9.09. The number of alkyl halides is 1. The Bertz CT molecular complexity index is 110. The van der Waals surface area contributed by atoms with Crippen LogP contribution in [0.2, 0.25) is 0 Å². The van der Waals surface area contributed by atoms with Crippen LogP contribution in [0.3, 0.4) is 0 Å². The molecule has 1 unspecified atom stereocenters. The molecule has 0 rings (SSSR count). The van der Waals surface area contributed by atoms with E-state index in [1.54, 1.807) is 0 Å². The van der Waals surface area contributed by atoms with Gasteiger partial charge in [-0.3, -0.25) is 0 Å². The van der Waals surface area contributed by atoms with Crippen molar-refractivity contribution in [3.05, 3.63) is 0 Å². The third-order valence-corrected chi connectivity index (χ3v) is 1.78. The normalized spacial score (nSPS) is 14.8. The van der Waals surface area contributed by atoms with Crippen LogP contribution in [0.15, 0.2) is 0 Å². The lowest BCUT2D eigenvalue weighted by Gasteiger charge is -2.22. The van der Waals surface area contributed by atoms with Gasteiger partial charge in [0, 0.05) is 5.33 Å². The van der Waals surface area contributed by atoms with E-state index in [4.69, 9.17) is 9.78 Å². The monoisotopic (exact) mass is 238 g/mol. The minimum Gasteiger partial charge on any atom is -0.233 e. The van der Waals surface area contributed by atoms with E-state index in [-0.39, 0.29) is 11.7 Å². The summed E-state index contributed by atoms with van der Waals surface area (Å²) >= 11 is 3.38. The molecule has 1 atom stereocenters. The Labute approximate surface area is 83.7 Å². The molecule has 0 saturated heterocycles. The van der Waals surface area contributed by atoms with E-state index in [0.717, 1.165) is 18.2 Å².